The second kappa shape index (κ2) is 2.64. The summed E-state index contributed by atoms with van der Waals surface area (Å²) in [7, 11) is -0.0378. The van der Waals surface area contributed by atoms with Crippen LogP contribution in [0.5, 0.6) is 0 Å². The van der Waals surface area contributed by atoms with Crippen LogP contribution in [-0.2, 0) is 0 Å². The Balaban J connectivity index is 3.39. The highest BCUT2D eigenvalue weighted by molar-refractivity contribution is 6.41. The van der Waals surface area contributed by atoms with Crippen LogP contribution in [0.4, 0.5) is 0 Å². The number of rotatable bonds is 1. The van der Waals surface area contributed by atoms with Gasteiger partial charge in [-0.2, -0.15) is 0 Å². The highest BCUT2D eigenvalue weighted by atomic mass is 28.2. The molecule has 0 rings (SSSR count). The lowest BCUT2D eigenvalue weighted by Gasteiger charge is -2.18. The maximum atomic E-state index is 5.64. The molecule has 1 nitrogen and oxygen atoms in total. The molecule has 0 saturated heterocycles. The van der Waals surface area contributed by atoms with Gasteiger partial charge in [-0.05, 0) is 10.7 Å². The zero-order valence-corrected chi connectivity index (χ0v) is 7.78. The molecule has 0 aliphatic rings. The van der Waals surface area contributed by atoms with Gasteiger partial charge in [0, 0.05) is 9.52 Å². The minimum atomic E-state index is -0.0378. The molecule has 0 bridgehead atoms. The molecule has 0 aromatic rings. The quantitative estimate of drug-likeness (QED) is 0.520. The van der Waals surface area contributed by atoms with Gasteiger partial charge in [0.2, 0.25) is 0 Å². The molecule has 0 radical (unpaired) electrons. The topological polar surface area (TPSA) is 26.0 Å². The Labute approximate surface area is 54.5 Å². The van der Waals surface area contributed by atoms with Crippen LogP contribution < -0.4 is 5.73 Å². The average molecular weight is 131 g/mol. The summed E-state index contributed by atoms with van der Waals surface area (Å²) in [5.41, 5.74) is 6.12. The van der Waals surface area contributed by atoms with Crippen molar-refractivity contribution in [2.24, 2.45) is 5.73 Å². The van der Waals surface area contributed by atoms with Crippen LogP contribution in [0, 0.1) is 0 Å². The smallest absolute Gasteiger partial charge is 0.0456 e. The van der Waals surface area contributed by atoms with Gasteiger partial charge in [-0.3, -0.25) is 0 Å². The highest BCUT2D eigenvalue weighted by Gasteiger charge is 2.12. The van der Waals surface area contributed by atoms with E-state index in [0.29, 0.717) is 10.7 Å². The molecule has 0 spiro atoms. The molecule has 50 valence electrons. The predicted octanol–water partition coefficient (Wildman–Crippen LogP) is 0.678. The lowest BCUT2D eigenvalue weighted by atomic mass is 10.2. The summed E-state index contributed by atoms with van der Waals surface area (Å²) in [5, 5.41) is 0.536. The first-order chi connectivity index (χ1) is 3.42. The van der Waals surface area contributed by atoms with Gasteiger partial charge in [0.15, 0.2) is 0 Å². The second-order valence-electron chi connectivity index (χ2n) is 3.74. The van der Waals surface area contributed by atoms with Crippen LogP contribution in [0.3, 0.4) is 0 Å². The van der Waals surface area contributed by atoms with Crippen molar-refractivity contribution < 1.29 is 0 Å². The van der Waals surface area contributed by atoms with Crippen molar-refractivity contribution >= 4 is 9.52 Å². The fourth-order valence-corrected chi connectivity index (χ4v) is 2.90. The maximum Gasteiger partial charge on any atom is 0.0456 e. The molecule has 0 saturated carbocycles. The normalized spacial score (nSPS) is 17.6. The Morgan fingerprint density at radius 1 is 1.38 bits per heavy atom. The largest absolute Gasteiger partial charge is 0.331 e. The van der Waals surface area contributed by atoms with E-state index in [-0.39, 0.29) is 9.52 Å². The molecular formula is C6H17NSi. The molecule has 0 fully saturated rings. The lowest BCUT2D eigenvalue weighted by molar-refractivity contribution is 0.733. The van der Waals surface area contributed by atoms with Crippen molar-refractivity contribution in [2.45, 2.75) is 38.4 Å². The van der Waals surface area contributed by atoms with Crippen LogP contribution in [0.1, 0.15) is 27.7 Å². The standard InChI is InChI=1S/C6H17NSi/c1-5(7)8-6(2,3)4/h5H,7-8H2,1-4H3. The molecule has 0 aliphatic carbocycles. The summed E-state index contributed by atoms with van der Waals surface area (Å²) in [6, 6.07) is 0. The molecule has 0 aromatic carbocycles. The van der Waals surface area contributed by atoms with E-state index in [4.69, 9.17) is 5.73 Å². The van der Waals surface area contributed by atoms with E-state index in [0.717, 1.165) is 0 Å². The minimum Gasteiger partial charge on any atom is -0.331 e. The molecule has 2 heteroatoms. The van der Waals surface area contributed by atoms with E-state index in [1.165, 1.54) is 0 Å². The molecule has 8 heavy (non-hydrogen) atoms. The van der Waals surface area contributed by atoms with E-state index in [2.05, 4.69) is 27.7 Å². The third-order valence-corrected chi connectivity index (χ3v) is 2.80. The molecule has 0 heterocycles. The Morgan fingerprint density at radius 3 is 1.75 bits per heavy atom. The van der Waals surface area contributed by atoms with Gasteiger partial charge in [0.1, 0.15) is 0 Å². The molecule has 2 N–H and O–H groups in total. The summed E-state index contributed by atoms with van der Waals surface area (Å²) in [6.45, 7) is 8.91. The van der Waals surface area contributed by atoms with E-state index in [1.54, 1.807) is 0 Å². The summed E-state index contributed by atoms with van der Waals surface area (Å²) >= 11 is 0. The second-order valence-corrected chi connectivity index (χ2v) is 7.56. The van der Waals surface area contributed by atoms with Crippen molar-refractivity contribution in [3.8, 4) is 0 Å². The van der Waals surface area contributed by atoms with Gasteiger partial charge in [0.05, 0.1) is 0 Å². The van der Waals surface area contributed by atoms with Gasteiger partial charge in [0.25, 0.3) is 0 Å². The highest BCUT2D eigenvalue weighted by Crippen LogP contribution is 2.20. The Bertz CT molecular complexity index is 63.4. The van der Waals surface area contributed by atoms with Crippen molar-refractivity contribution in [3.63, 3.8) is 0 Å². The third kappa shape index (κ3) is 6.18. The summed E-state index contributed by atoms with van der Waals surface area (Å²) < 4.78 is 0. The summed E-state index contributed by atoms with van der Waals surface area (Å²) in [5.74, 6) is 0. The first-order valence-corrected chi connectivity index (χ1v) is 4.70. The molecule has 0 aliphatic heterocycles. The van der Waals surface area contributed by atoms with E-state index in [9.17, 15) is 0 Å². The van der Waals surface area contributed by atoms with Crippen molar-refractivity contribution in [2.75, 3.05) is 0 Å². The summed E-state index contributed by atoms with van der Waals surface area (Å²) in [6.07, 6.45) is 0. The van der Waals surface area contributed by atoms with E-state index in [1.807, 2.05) is 0 Å². The van der Waals surface area contributed by atoms with Gasteiger partial charge in [-0.15, -0.1) is 0 Å². The minimum absolute atomic E-state index is 0.0378. The first kappa shape index (κ1) is 8.18. The number of hydrogen-bond donors (Lipinski definition) is 1. The predicted molar refractivity (Wildman–Crippen MR) is 41.9 cm³/mol. The van der Waals surface area contributed by atoms with Crippen LogP contribution >= 0.6 is 0 Å². The molecule has 0 aromatic heterocycles. The van der Waals surface area contributed by atoms with Crippen molar-refractivity contribution in [1.82, 2.24) is 0 Å². The van der Waals surface area contributed by atoms with Crippen LogP contribution in [0.15, 0.2) is 0 Å². The van der Waals surface area contributed by atoms with Crippen LogP contribution in [-0.4, -0.2) is 15.2 Å². The molecule has 0 amide bonds. The molecule has 1 unspecified atom stereocenters. The first-order valence-electron chi connectivity index (χ1n) is 3.17. The van der Waals surface area contributed by atoms with Gasteiger partial charge in [-0.1, -0.05) is 27.7 Å². The third-order valence-electron chi connectivity index (χ3n) is 0.934. The zero-order chi connectivity index (χ0) is 6.78. The molecular weight excluding hydrogens is 114 g/mol. The van der Waals surface area contributed by atoms with Gasteiger partial charge < -0.3 is 5.73 Å². The van der Waals surface area contributed by atoms with Crippen LogP contribution in [0.2, 0.25) is 5.04 Å². The monoisotopic (exact) mass is 131 g/mol. The lowest BCUT2D eigenvalue weighted by Crippen LogP contribution is -2.29. The maximum absolute atomic E-state index is 5.64. The number of nitrogens with two attached hydrogens (primary N) is 1. The SMILES string of the molecule is CC(N)[SiH2]C(C)(C)C. The van der Waals surface area contributed by atoms with E-state index >= 15 is 0 Å². The van der Waals surface area contributed by atoms with Crippen LogP contribution in [0.25, 0.3) is 0 Å². The average Bonchev–Trinajstić information content (AvgIpc) is 1.21. The Hall–Kier alpha value is 0.177. The van der Waals surface area contributed by atoms with E-state index < -0.39 is 0 Å². The fraction of sp³-hybridized carbons (Fsp3) is 1.00. The summed E-state index contributed by atoms with van der Waals surface area (Å²) in [4.78, 5) is 0. The van der Waals surface area contributed by atoms with Gasteiger partial charge in [-0.25, -0.2) is 0 Å². The Kier molecular flexibility index (Phi) is 2.70. The fourth-order valence-electron chi connectivity index (χ4n) is 0.966. The Morgan fingerprint density at radius 2 is 1.75 bits per heavy atom. The van der Waals surface area contributed by atoms with Crippen molar-refractivity contribution in [1.29, 1.82) is 0 Å². The van der Waals surface area contributed by atoms with Crippen molar-refractivity contribution in [3.05, 3.63) is 0 Å². The molecule has 1 atom stereocenters. The zero-order valence-electron chi connectivity index (χ0n) is 6.36. The van der Waals surface area contributed by atoms with Gasteiger partial charge >= 0.3 is 0 Å². The number of hydrogen-bond acceptors (Lipinski definition) is 1.